The van der Waals surface area contributed by atoms with Crippen molar-refractivity contribution in [1.29, 1.82) is 0 Å². The molecule has 2 aromatic rings. The third-order valence-electron chi connectivity index (χ3n) is 3.78. The molecule has 0 radical (unpaired) electrons. The lowest BCUT2D eigenvalue weighted by Gasteiger charge is -2.12. The molecule has 22 heavy (non-hydrogen) atoms. The van der Waals surface area contributed by atoms with E-state index in [1.807, 2.05) is 0 Å². The second kappa shape index (κ2) is 6.01. The molecular weight excluding hydrogens is 316 g/mol. The predicted molar refractivity (Wildman–Crippen MR) is 92.7 cm³/mol. The summed E-state index contributed by atoms with van der Waals surface area (Å²) in [6, 6.07) is 4.23. The van der Waals surface area contributed by atoms with E-state index >= 15 is 0 Å². The van der Waals surface area contributed by atoms with Gasteiger partial charge >= 0.3 is 0 Å². The summed E-state index contributed by atoms with van der Waals surface area (Å²) >= 11 is 2.88. The third kappa shape index (κ3) is 3.03. The first kappa shape index (κ1) is 15.5. The lowest BCUT2D eigenvalue weighted by Crippen LogP contribution is -2.24. The number of aromatic nitrogens is 1. The van der Waals surface area contributed by atoms with Crippen LogP contribution < -0.4 is 4.90 Å². The zero-order valence-electron chi connectivity index (χ0n) is 12.9. The molecule has 0 aliphatic carbocycles. The summed E-state index contributed by atoms with van der Waals surface area (Å²) in [7, 11) is 0. The SMILES string of the molecule is CC(=O)SCC1CC(=O)N(c2nc3c(C)cc(C)cc3s2)C1. The van der Waals surface area contributed by atoms with Crippen LogP contribution in [0.25, 0.3) is 10.2 Å². The Labute approximate surface area is 137 Å². The molecule has 1 aliphatic heterocycles. The van der Waals surface area contributed by atoms with Crippen LogP contribution in [0.4, 0.5) is 5.13 Å². The summed E-state index contributed by atoms with van der Waals surface area (Å²) in [6.07, 6.45) is 0.508. The van der Waals surface area contributed by atoms with E-state index in [-0.39, 0.29) is 16.9 Å². The van der Waals surface area contributed by atoms with E-state index < -0.39 is 0 Å². The van der Waals surface area contributed by atoms with E-state index in [2.05, 4.69) is 31.0 Å². The highest BCUT2D eigenvalue weighted by atomic mass is 32.2. The predicted octanol–water partition coefficient (Wildman–Crippen LogP) is 3.55. The van der Waals surface area contributed by atoms with E-state index in [4.69, 9.17) is 0 Å². The molecule has 0 spiro atoms. The number of amides is 1. The Bertz CT molecular complexity index is 754. The number of thiazole rings is 1. The van der Waals surface area contributed by atoms with Crippen molar-refractivity contribution in [2.24, 2.45) is 5.92 Å². The van der Waals surface area contributed by atoms with Gasteiger partial charge in [0.25, 0.3) is 0 Å². The molecule has 6 heteroatoms. The first-order chi connectivity index (χ1) is 10.4. The molecule has 0 N–H and O–H groups in total. The zero-order chi connectivity index (χ0) is 15.9. The molecule has 0 bridgehead atoms. The minimum atomic E-state index is 0.108. The number of rotatable bonds is 3. The molecule has 0 saturated carbocycles. The molecule has 2 heterocycles. The second-order valence-electron chi connectivity index (χ2n) is 5.80. The van der Waals surface area contributed by atoms with Gasteiger partial charge in [0.15, 0.2) is 10.2 Å². The topological polar surface area (TPSA) is 50.3 Å². The average Bonchev–Trinajstić information content (AvgIpc) is 2.99. The number of carbonyl (C=O) groups excluding carboxylic acids is 2. The summed E-state index contributed by atoms with van der Waals surface area (Å²) in [5.41, 5.74) is 3.34. The monoisotopic (exact) mass is 334 g/mol. The number of carbonyl (C=O) groups is 2. The highest BCUT2D eigenvalue weighted by Gasteiger charge is 2.32. The van der Waals surface area contributed by atoms with Gasteiger partial charge < -0.3 is 0 Å². The van der Waals surface area contributed by atoms with Gasteiger partial charge in [-0.05, 0) is 37.0 Å². The highest BCUT2D eigenvalue weighted by molar-refractivity contribution is 8.13. The molecule has 1 aromatic heterocycles. The molecule has 1 fully saturated rings. The summed E-state index contributed by atoms with van der Waals surface area (Å²) < 4.78 is 1.13. The number of anilines is 1. The lowest BCUT2D eigenvalue weighted by atomic mass is 10.1. The summed E-state index contributed by atoms with van der Waals surface area (Å²) in [4.78, 5) is 29.8. The maximum Gasteiger partial charge on any atom is 0.229 e. The maximum absolute atomic E-state index is 12.3. The van der Waals surface area contributed by atoms with Crippen LogP contribution >= 0.6 is 23.1 Å². The van der Waals surface area contributed by atoms with Crippen molar-refractivity contribution in [1.82, 2.24) is 4.98 Å². The molecule has 1 unspecified atom stereocenters. The van der Waals surface area contributed by atoms with Gasteiger partial charge in [-0.25, -0.2) is 4.98 Å². The van der Waals surface area contributed by atoms with Gasteiger partial charge in [-0.3, -0.25) is 14.5 Å². The molecule has 3 rings (SSSR count). The molecule has 4 nitrogen and oxygen atoms in total. The largest absolute Gasteiger partial charge is 0.288 e. The number of thioether (sulfide) groups is 1. The van der Waals surface area contributed by atoms with Crippen molar-refractivity contribution in [2.75, 3.05) is 17.2 Å². The van der Waals surface area contributed by atoms with Gasteiger partial charge in [-0.2, -0.15) is 0 Å². The Kier molecular flexibility index (Phi) is 4.23. The van der Waals surface area contributed by atoms with Gasteiger partial charge in [0.2, 0.25) is 5.91 Å². The van der Waals surface area contributed by atoms with Gasteiger partial charge in [0.05, 0.1) is 10.2 Å². The smallest absolute Gasteiger partial charge is 0.229 e. The zero-order valence-corrected chi connectivity index (χ0v) is 14.5. The minimum absolute atomic E-state index is 0.108. The van der Waals surface area contributed by atoms with Crippen LogP contribution in [0.15, 0.2) is 12.1 Å². The first-order valence-electron chi connectivity index (χ1n) is 7.25. The van der Waals surface area contributed by atoms with Crippen LogP contribution in [0.3, 0.4) is 0 Å². The Balaban J connectivity index is 1.83. The van der Waals surface area contributed by atoms with Crippen LogP contribution in [0.5, 0.6) is 0 Å². The fourth-order valence-electron chi connectivity index (χ4n) is 2.79. The van der Waals surface area contributed by atoms with Crippen LogP contribution in [-0.2, 0) is 9.59 Å². The van der Waals surface area contributed by atoms with E-state index in [9.17, 15) is 9.59 Å². The van der Waals surface area contributed by atoms with Crippen molar-refractivity contribution in [3.05, 3.63) is 23.3 Å². The number of fused-ring (bicyclic) bond motifs is 1. The lowest BCUT2D eigenvalue weighted by molar-refractivity contribution is -0.117. The van der Waals surface area contributed by atoms with Crippen molar-refractivity contribution in [3.8, 4) is 0 Å². The fraction of sp³-hybridized carbons (Fsp3) is 0.438. The third-order valence-corrected chi connectivity index (χ3v) is 5.85. The van der Waals surface area contributed by atoms with E-state index in [1.165, 1.54) is 17.3 Å². The Morgan fingerprint density at radius 3 is 2.95 bits per heavy atom. The van der Waals surface area contributed by atoms with Crippen LogP contribution in [-0.4, -0.2) is 28.3 Å². The molecular formula is C16H18N2O2S2. The van der Waals surface area contributed by atoms with E-state index in [1.54, 1.807) is 23.2 Å². The van der Waals surface area contributed by atoms with Crippen molar-refractivity contribution in [2.45, 2.75) is 27.2 Å². The summed E-state index contributed by atoms with van der Waals surface area (Å²) in [5.74, 6) is 1.06. The second-order valence-corrected chi connectivity index (χ2v) is 8.01. The number of hydrogen-bond donors (Lipinski definition) is 0. The van der Waals surface area contributed by atoms with E-state index in [0.29, 0.717) is 18.7 Å². The number of hydrogen-bond acceptors (Lipinski definition) is 5. The van der Waals surface area contributed by atoms with Gasteiger partial charge in [0.1, 0.15) is 0 Å². The van der Waals surface area contributed by atoms with Gasteiger partial charge in [-0.15, -0.1) is 0 Å². The quantitative estimate of drug-likeness (QED) is 0.861. The first-order valence-corrected chi connectivity index (χ1v) is 9.06. The average molecular weight is 334 g/mol. The molecule has 1 amide bonds. The highest BCUT2D eigenvalue weighted by Crippen LogP contribution is 2.35. The van der Waals surface area contributed by atoms with Crippen molar-refractivity contribution < 1.29 is 9.59 Å². The number of benzene rings is 1. The van der Waals surface area contributed by atoms with Crippen molar-refractivity contribution >= 4 is 49.5 Å². The summed E-state index contributed by atoms with van der Waals surface area (Å²) in [6.45, 7) is 6.35. The normalized spacial score (nSPS) is 18.4. The fourth-order valence-corrected chi connectivity index (χ4v) is 4.65. The summed E-state index contributed by atoms with van der Waals surface area (Å²) in [5, 5.41) is 0.890. The standard InChI is InChI=1S/C16H18N2O2S2/c1-9-4-10(2)15-13(5-9)22-16(17-15)18-7-12(6-14(18)20)8-21-11(3)19/h4-5,12H,6-8H2,1-3H3. The van der Waals surface area contributed by atoms with E-state index in [0.717, 1.165) is 20.9 Å². The Hall–Kier alpha value is -1.40. The van der Waals surface area contributed by atoms with Crippen molar-refractivity contribution in [3.63, 3.8) is 0 Å². The number of aryl methyl sites for hydroxylation is 2. The van der Waals surface area contributed by atoms with Gasteiger partial charge in [-0.1, -0.05) is 29.2 Å². The maximum atomic E-state index is 12.3. The molecule has 1 saturated heterocycles. The van der Waals surface area contributed by atoms with Crippen LogP contribution in [0, 0.1) is 19.8 Å². The molecule has 116 valence electrons. The Morgan fingerprint density at radius 2 is 2.23 bits per heavy atom. The van der Waals surface area contributed by atoms with Crippen LogP contribution in [0.1, 0.15) is 24.5 Å². The minimum Gasteiger partial charge on any atom is -0.288 e. The molecule has 1 atom stereocenters. The Morgan fingerprint density at radius 1 is 1.45 bits per heavy atom. The molecule has 1 aromatic carbocycles. The van der Waals surface area contributed by atoms with Gasteiger partial charge in [0, 0.05) is 25.6 Å². The number of nitrogens with zero attached hydrogens (tertiary/aromatic N) is 2. The molecule has 1 aliphatic rings. The van der Waals surface area contributed by atoms with Crippen LogP contribution in [0.2, 0.25) is 0 Å².